The fourth-order valence-electron chi connectivity index (χ4n) is 1.93. The van der Waals surface area contributed by atoms with Crippen molar-refractivity contribution in [2.24, 2.45) is 0 Å². The molecule has 2 aromatic rings. The topological polar surface area (TPSA) is 46.5 Å². The van der Waals surface area contributed by atoms with E-state index in [0.29, 0.717) is 6.61 Å². The van der Waals surface area contributed by atoms with Crippen LogP contribution in [0.3, 0.4) is 0 Å². The van der Waals surface area contributed by atoms with E-state index in [4.69, 9.17) is 9.84 Å². The van der Waals surface area contributed by atoms with Gasteiger partial charge in [0.15, 0.2) is 6.10 Å². The SMILES string of the molecule is CC(OCCc1cccc2ccccc12)C(=O)O. The van der Waals surface area contributed by atoms with Crippen LogP contribution in [-0.2, 0) is 16.0 Å². The maximum absolute atomic E-state index is 10.6. The van der Waals surface area contributed by atoms with Gasteiger partial charge in [0, 0.05) is 0 Å². The van der Waals surface area contributed by atoms with Crippen molar-refractivity contribution < 1.29 is 14.6 Å². The number of benzene rings is 2. The second-order valence-corrected chi connectivity index (χ2v) is 4.24. The molecule has 0 aliphatic heterocycles. The summed E-state index contributed by atoms with van der Waals surface area (Å²) in [4.78, 5) is 10.6. The van der Waals surface area contributed by atoms with Crippen LogP contribution in [0, 0.1) is 0 Å². The maximum atomic E-state index is 10.6. The van der Waals surface area contributed by atoms with E-state index in [1.807, 2.05) is 18.2 Å². The highest BCUT2D eigenvalue weighted by molar-refractivity contribution is 5.85. The lowest BCUT2D eigenvalue weighted by Gasteiger charge is -2.10. The Hall–Kier alpha value is -1.87. The minimum absolute atomic E-state index is 0.418. The first-order valence-corrected chi connectivity index (χ1v) is 5.99. The quantitative estimate of drug-likeness (QED) is 0.879. The standard InChI is InChI=1S/C15H16O3/c1-11(15(16)17)18-10-9-13-7-4-6-12-5-2-3-8-14(12)13/h2-8,11H,9-10H2,1H3,(H,16,17). The van der Waals surface area contributed by atoms with Crippen LogP contribution in [-0.4, -0.2) is 23.8 Å². The van der Waals surface area contributed by atoms with E-state index < -0.39 is 12.1 Å². The van der Waals surface area contributed by atoms with Gasteiger partial charge in [0.1, 0.15) is 0 Å². The van der Waals surface area contributed by atoms with Crippen molar-refractivity contribution >= 4 is 16.7 Å². The average molecular weight is 244 g/mol. The second-order valence-electron chi connectivity index (χ2n) is 4.24. The molecule has 0 saturated heterocycles. The van der Waals surface area contributed by atoms with Crippen molar-refractivity contribution in [2.45, 2.75) is 19.4 Å². The van der Waals surface area contributed by atoms with E-state index in [1.54, 1.807) is 6.92 Å². The monoisotopic (exact) mass is 244 g/mol. The Kier molecular flexibility index (Phi) is 3.95. The Balaban J connectivity index is 2.06. The summed E-state index contributed by atoms with van der Waals surface area (Å²) in [6.45, 7) is 1.97. The highest BCUT2D eigenvalue weighted by Crippen LogP contribution is 2.18. The lowest BCUT2D eigenvalue weighted by atomic mass is 10.0. The molecule has 1 atom stereocenters. The third-order valence-corrected chi connectivity index (χ3v) is 2.97. The zero-order chi connectivity index (χ0) is 13.0. The van der Waals surface area contributed by atoms with Crippen molar-refractivity contribution in [2.75, 3.05) is 6.61 Å². The molecular weight excluding hydrogens is 228 g/mol. The minimum Gasteiger partial charge on any atom is -0.479 e. The van der Waals surface area contributed by atoms with Gasteiger partial charge < -0.3 is 9.84 Å². The molecule has 94 valence electrons. The molecule has 3 nitrogen and oxygen atoms in total. The number of carboxylic acid groups (broad SMARTS) is 1. The lowest BCUT2D eigenvalue weighted by Crippen LogP contribution is -2.20. The van der Waals surface area contributed by atoms with Crippen molar-refractivity contribution in [1.82, 2.24) is 0 Å². The molecule has 1 N–H and O–H groups in total. The van der Waals surface area contributed by atoms with E-state index in [-0.39, 0.29) is 0 Å². The fourth-order valence-corrected chi connectivity index (χ4v) is 1.93. The number of ether oxygens (including phenoxy) is 1. The Bertz CT molecular complexity index is 543. The van der Waals surface area contributed by atoms with Gasteiger partial charge in [0.2, 0.25) is 0 Å². The van der Waals surface area contributed by atoms with Crippen LogP contribution in [0.2, 0.25) is 0 Å². The van der Waals surface area contributed by atoms with E-state index in [2.05, 4.69) is 24.3 Å². The summed E-state index contributed by atoms with van der Waals surface area (Å²) in [5.41, 5.74) is 1.19. The number of carboxylic acids is 1. The largest absolute Gasteiger partial charge is 0.479 e. The maximum Gasteiger partial charge on any atom is 0.332 e. The van der Waals surface area contributed by atoms with Gasteiger partial charge in [0.05, 0.1) is 6.61 Å². The summed E-state index contributed by atoms with van der Waals surface area (Å²) in [6, 6.07) is 14.3. The second kappa shape index (κ2) is 5.65. The molecule has 2 rings (SSSR count). The molecule has 0 aliphatic rings. The molecule has 0 heterocycles. The number of rotatable bonds is 5. The molecule has 0 aromatic heterocycles. The highest BCUT2D eigenvalue weighted by atomic mass is 16.5. The predicted molar refractivity (Wildman–Crippen MR) is 70.7 cm³/mol. The molecule has 1 unspecified atom stereocenters. The Labute approximate surface area is 106 Å². The molecule has 0 amide bonds. The average Bonchev–Trinajstić information content (AvgIpc) is 2.38. The number of hydrogen-bond acceptors (Lipinski definition) is 2. The summed E-state index contributed by atoms with van der Waals surface area (Å²) in [7, 11) is 0. The lowest BCUT2D eigenvalue weighted by molar-refractivity contribution is -0.149. The summed E-state index contributed by atoms with van der Waals surface area (Å²) in [5, 5.41) is 11.1. The molecule has 0 saturated carbocycles. The van der Waals surface area contributed by atoms with E-state index >= 15 is 0 Å². The smallest absolute Gasteiger partial charge is 0.332 e. The van der Waals surface area contributed by atoms with Crippen LogP contribution in [0.1, 0.15) is 12.5 Å². The third kappa shape index (κ3) is 2.87. The first kappa shape index (κ1) is 12.6. The van der Waals surface area contributed by atoms with Gasteiger partial charge in [-0.3, -0.25) is 0 Å². The molecule has 0 spiro atoms. The van der Waals surface area contributed by atoms with Crippen molar-refractivity contribution in [3.63, 3.8) is 0 Å². The van der Waals surface area contributed by atoms with Gasteiger partial charge in [-0.1, -0.05) is 42.5 Å². The molecular formula is C15H16O3. The zero-order valence-corrected chi connectivity index (χ0v) is 10.3. The highest BCUT2D eigenvalue weighted by Gasteiger charge is 2.10. The number of fused-ring (bicyclic) bond motifs is 1. The predicted octanol–water partition coefficient (Wildman–Crippen LogP) is 2.87. The number of aliphatic carboxylic acids is 1. The van der Waals surface area contributed by atoms with Gasteiger partial charge in [-0.05, 0) is 29.7 Å². The van der Waals surface area contributed by atoms with Crippen LogP contribution in [0.4, 0.5) is 0 Å². The van der Waals surface area contributed by atoms with Crippen LogP contribution in [0.25, 0.3) is 10.8 Å². The molecule has 0 bridgehead atoms. The number of hydrogen-bond donors (Lipinski definition) is 1. The van der Waals surface area contributed by atoms with Crippen LogP contribution in [0.5, 0.6) is 0 Å². The van der Waals surface area contributed by atoms with Gasteiger partial charge in [0.25, 0.3) is 0 Å². The molecule has 0 radical (unpaired) electrons. The van der Waals surface area contributed by atoms with Crippen LogP contribution >= 0.6 is 0 Å². The minimum atomic E-state index is -0.923. The molecule has 2 aromatic carbocycles. The summed E-state index contributed by atoms with van der Waals surface area (Å²) in [6.07, 6.45) is -0.0288. The van der Waals surface area contributed by atoms with Gasteiger partial charge >= 0.3 is 5.97 Å². The van der Waals surface area contributed by atoms with E-state index in [9.17, 15) is 4.79 Å². The normalized spacial score (nSPS) is 12.5. The molecule has 3 heteroatoms. The molecule has 0 fully saturated rings. The van der Waals surface area contributed by atoms with Crippen molar-refractivity contribution in [3.05, 3.63) is 48.0 Å². The van der Waals surface area contributed by atoms with Crippen molar-refractivity contribution in [3.8, 4) is 0 Å². The zero-order valence-electron chi connectivity index (χ0n) is 10.3. The van der Waals surface area contributed by atoms with Gasteiger partial charge in [-0.15, -0.1) is 0 Å². The fraction of sp³-hybridized carbons (Fsp3) is 0.267. The summed E-state index contributed by atoms with van der Waals surface area (Å²) in [5.74, 6) is -0.923. The third-order valence-electron chi connectivity index (χ3n) is 2.97. The Morgan fingerprint density at radius 3 is 2.72 bits per heavy atom. The van der Waals surface area contributed by atoms with Gasteiger partial charge in [-0.25, -0.2) is 4.79 Å². The van der Waals surface area contributed by atoms with Crippen LogP contribution < -0.4 is 0 Å². The van der Waals surface area contributed by atoms with E-state index in [1.165, 1.54) is 16.3 Å². The van der Waals surface area contributed by atoms with Gasteiger partial charge in [-0.2, -0.15) is 0 Å². The van der Waals surface area contributed by atoms with Crippen molar-refractivity contribution in [1.29, 1.82) is 0 Å². The summed E-state index contributed by atoms with van der Waals surface area (Å²) >= 11 is 0. The number of carbonyl (C=O) groups is 1. The first-order chi connectivity index (χ1) is 8.68. The Morgan fingerprint density at radius 1 is 1.22 bits per heavy atom. The van der Waals surface area contributed by atoms with E-state index in [0.717, 1.165) is 6.42 Å². The first-order valence-electron chi connectivity index (χ1n) is 5.99. The summed E-state index contributed by atoms with van der Waals surface area (Å²) < 4.78 is 5.26. The van der Waals surface area contributed by atoms with Crippen LogP contribution in [0.15, 0.2) is 42.5 Å². The molecule has 18 heavy (non-hydrogen) atoms. The Morgan fingerprint density at radius 2 is 1.94 bits per heavy atom. The molecule has 0 aliphatic carbocycles.